The van der Waals surface area contributed by atoms with Crippen molar-refractivity contribution >= 4 is 88.8 Å². The molecule has 0 aromatic heterocycles. The molecular weight excluding hydrogens is 1420 g/mol. The molecule has 4 aliphatic heterocycles. The minimum atomic E-state index is -4.11. The number of carbonyl (C=O) groups excluding carboxylic acids is 8. The van der Waals surface area contributed by atoms with Gasteiger partial charge in [0.15, 0.2) is 11.6 Å². The monoisotopic (exact) mass is 1530 g/mol. The second-order valence-corrected chi connectivity index (χ2v) is 37.8. The van der Waals surface area contributed by atoms with Crippen LogP contribution in [-0.2, 0) is 67.9 Å². The molecule has 22 nitrogen and oxygen atoms in total. The van der Waals surface area contributed by atoms with E-state index in [2.05, 4.69) is 49.9 Å². The Balaban J connectivity index is 0.000000205. The van der Waals surface area contributed by atoms with Crippen LogP contribution in [0, 0.1) is 57.2 Å². The van der Waals surface area contributed by atoms with Gasteiger partial charge in [-0.05, 0) is 218 Å². The first-order valence-electron chi connectivity index (χ1n) is 38.1. The topological polar surface area (TPSA) is 276 Å². The first-order valence-corrected chi connectivity index (χ1v) is 41.7. The number of ether oxygens (including phenoxy) is 2. The summed E-state index contributed by atoms with van der Waals surface area (Å²) in [4.78, 5) is 116. The molecule has 4 saturated heterocycles. The Hall–Kier alpha value is -5.86. The molecule has 2 aromatic rings. The van der Waals surface area contributed by atoms with E-state index in [-0.39, 0.29) is 109 Å². The Morgan fingerprint density at radius 3 is 1.26 bits per heavy atom. The number of ketones is 2. The smallest absolute Gasteiger partial charge is 0.306 e. The van der Waals surface area contributed by atoms with Crippen molar-refractivity contribution in [2.45, 2.75) is 230 Å². The first kappa shape index (κ1) is 79.7. The molecule has 6 aliphatic carbocycles. The van der Waals surface area contributed by atoms with E-state index in [4.69, 9.17) is 9.47 Å². The van der Waals surface area contributed by atoms with E-state index >= 15 is 0 Å². The van der Waals surface area contributed by atoms with E-state index in [0.717, 1.165) is 113 Å². The third-order valence-electron chi connectivity index (χ3n) is 23.1. The lowest BCUT2D eigenvalue weighted by molar-refractivity contribution is -0.156. The molecule has 2 aromatic carbocycles. The van der Waals surface area contributed by atoms with Crippen LogP contribution in [0.3, 0.4) is 0 Å². The zero-order valence-corrected chi connectivity index (χ0v) is 64.9. The number of nitrogens with zero attached hydrogens (tertiary/aromatic N) is 5. The number of hydrogen-bond donors (Lipinski definition) is 3. The molecule has 4 heterocycles. The van der Waals surface area contributed by atoms with E-state index < -0.39 is 89.4 Å². The number of sulfonamides is 2. The van der Waals surface area contributed by atoms with Gasteiger partial charge in [-0.3, -0.25) is 38.4 Å². The van der Waals surface area contributed by atoms with E-state index in [1.54, 1.807) is 36.4 Å². The summed E-state index contributed by atoms with van der Waals surface area (Å²) in [7, 11) is -8.19. The standard InChI is InChI=1S/C39H56N4O7S.C34H46BrN3O7S.C5H11N/c1-5-28-22-39(28,37(47)40-24-27-13-14-27)23-34(44)33-25-42(51(48,49)31-17-15-29(16-18-31)41-19-9-6-10-20-41)26-43(33)36(46)32(38(2,3)4)21-35(45)50-30-11-7-8-12-30;1-5-23-17-34(23,32(42)36-19-22-10-11-22)18-29(39)28-20-37(46(43,44)26-14-12-24(35)13-15-26)21-38(28)31(41)27(33(2,3)4)16-30(40)45-25-8-6-7-9-25;1-2-4-6-5-3-1/h5,15-18,27-28,30,32-33H,1,6-14,19-26H2,2-4H3,(H,40,47);5,12-15,22-23,25,27-28H,1,6-11,16-21H2,2-4H3,(H,36,42);6H,1-5H2/t28-,32-,33+,39-;23-,27-,28+,34-;/m11./s1. The molecule has 0 bridgehead atoms. The Morgan fingerprint density at radius 1 is 0.553 bits per heavy atom. The van der Waals surface area contributed by atoms with Gasteiger partial charge in [-0.2, -0.15) is 8.61 Å². The Labute approximate surface area is 620 Å². The lowest BCUT2D eigenvalue weighted by Gasteiger charge is -2.34. The molecule has 0 unspecified atom stereocenters. The highest BCUT2D eigenvalue weighted by Crippen LogP contribution is 2.58. The van der Waals surface area contributed by atoms with Crippen molar-refractivity contribution in [1.82, 2.24) is 34.4 Å². The van der Waals surface area contributed by atoms with Gasteiger partial charge in [-0.15, -0.1) is 13.2 Å². The molecule has 3 N–H and O–H groups in total. The van der Waals surface area contributed by atoms with Crippen molar-refractivity contribution < 1.29 is 64.7 Å². The van der Waals surface area contributed by atoms with E-state index in [1.807, 2.05) is 53.7 Å². The fraction of sp³-hybridized carbons (Fsp3) is 0.692. The maximum atomic E-state index is 14.6. The fourth-order valence-corrected chi connectivity index (χ4v) is 18.8. The number of piperidine rings is 2. The molecule has 25 heteroatoms. The lowest BCUT2D eigenvalue weighted by Crippen LogP contribution is -2.49. The minimum absolute atomic E-state index is 0.0357. The summed E-state index contributed by atoms with van der Waals surface area (Å²) in [5.41, 5.74) is -2.35. The summed E-state index contributed by atoms with van der Waals surface area (Å²) in [6, 6.07) is 10.8. The molecule has 4 amide bonds. The van der Waals surface area contributed by atoms with E-state index in [9.17, 15) is 55.2 Å². The Morgan fingerprint density at radius 2 is 0.932 bits per heavy atom. The van der Waals surface area contributed by atoms with Crippen LogP contribution in [0.25, 0.3) is 0 Å². The van der Waals surface area contributed by atoms with Gasteiger partial charge in [-0.1, -0.05) is 76.0 Å². The highest BCUT2D eigenvalue weighted by molar-refractivity contribution is 9.10. The van der Waals surface area contributed by atoms with E-state index in [0.29, 0.717) is 42.2 Å². The van der Waals surface area contributed by atoms with E-state index in [1.165, 1.54) is 65.0 Å². The first-order chi connectivity index (χ1) is 48.9. The quantitative estimate of drug-likeness (QED) is 0.0554. The van der Waals surface area contributed by atoms with Crippen LogP contribution in [0.4, 0.5) is 5.69 Å². The average Bonchev–Trinajstić information content (AvgIpc) is 1.58. The van der Waals surface area contributed by atoms with Crippen molar-refractivity contribution in [1.29, 1.82) is 0 Å². The average molecular weight is 1530 g/mol. The molecule has 103 heavy (non-hydrogen) atoms. The Bertz CT molecular complexity index is 3620. The van der Waals surface area contributed by atoms with Crippen LogP contribution in [0.1, 0.15) is 196 Å². The Kier molecular flexibility index (Phi) is 26.3. The molecule has 10 aliphatic rings. The van der Waals surface area contributed by atoms with Gasteiger partial charge < -0.3 is 40.1 Å². The largest absolute Gasteiger partial charge is 0.462 e. The lowest BCUT2D eigenvalue weighted by atomic mass is 9.77. The normalized spacial score (nSPS) is 26.1. The fourth-order valence-electron chi connectivity index (χ4n) is 15.7. The summed E-state index contributed by atoms with van der Waals surface area (Å²) < 4.78 is 70.4. The zero-order chi connectivity index (χ0) is 74.2. The molecule has 8 atom stereocenters. The van der Waals surface area contributed by atoms with Gasteiger partial charge in [-0.25, -0.2) is 16.8 Å². The predicted molar refractivity (Wildman–Crippen MR) is 396 cm³/mol. The van der Waals surface area contributed by atoms with Crippen LogP contribution in [0.15, 0.2) is 88.1 Å². The number of anilines is 1. The summed E-state index contributed by atoms with van der Waals surface area (Å²) in [6.45, 7) is 23.2. The summed E-state index contributed by atoms with van der Waals surface area (Å²) in [5.74, 6) is -4.17. The van der Waals surface area contributed by atoms with Gasteiger partial charge in [0, 0.05) is 62.3 Å². The summed E-state index contributed by atoms with van der Waals surface area (Å²) >= 11 is 3.33. The van der Waals surface area contributed by atoms with Crippen LogP contribution in [0.2, 0.25) is 0 Å². The minimum Gasteiger partial charge on any atom is -0.462 e. The number of Topliss-reactive ketones (excluding diaryl/α,β-unsaturated/α-hetero) is 2. The number of allylic oxidation sites excluding steroid dienone is 2. The highest BCUT2D eigenvalue weighted by Gasteiger charge is 2.62. The van der Waals surface area contributed by atoms with Crippen molar-refractivity contribution in [3.8, 4) is 0 Å². The van der Waals surface area contributed by atoms with Crippen molar-refractivity contribution in [3.63, 3.8) is 0 Å². The van der Waals surface area contributed by atoms with Gasteiger partial charge in [0.2, 0.25) is 43.7 Å². The van der Waals surface area contributed by atoms with Crippen LogP contribution in [-0.4, -0.2) is 172 Å². The third kappa shape index (κ3) is 20.1. The second-order valence-electron chi connectivity index (χ2n) is 33.1. The third-order valence-corrected chi connectivity index (χ3v) is 27.3. The van der Waals surface area contributed by atoms with Crippen LogP contribution < -0.4 is 20.9 Å². The summed E-state index contributed by atoms with van der Waals surface area (Å²) in [5, 5.41) is 9.33. The predicted octanol–water partition coefficient (Wildman–Crippen LogP) is 10.6. The van der Waals surface area contributed by atoms with Crippen LogP contribution >= 0.6 is 15.9 Å². The second kappa shape index (κ2) is 33.9. The molecule has 0 spiro atoms. The summed E-state index contributed by atoms with van der Waals surface area (Å²) in [6.07, 6.45) is 22.5. The molecule has 0 radical (unpaired) electrons. The van der Waals surface area contributed by atoms with Gasteiger partial charge in [0.05, 0.1) is 58.6 Å². The number of esters is 2. The number of amides is 4. The van der Waals surface area contributed by atoms with Crippen molar-refractivity contribution in [3.05, 3.63) is 78.3 Å². The van der Waals surface area contributed by atoms with Crippen LogP contribution in [0.5, 0.6) is 0 Å². The molecule has 6 saturated carbocycles. The SMILES string of the molecule is C1CCNCC1.C=C[C@@H]1C[C@]1(CC(=O)[C@@H]1CN(S(=O)(=O)c2ccc(Br)cc2)CN1C(=O)[C@@H](CC(=O)OC1CCCC1)C(C)(C)C)C(=O)NCC1CC1.C=C[C@@H]1C[C@]1(CC(=O)[C@@H]1CN(S(=O)(=O)c2ccc(N3CCCCC3)cc2)CN1C(=O)[C@@H](CC(=O)OC1CCCC1)C(C)(C)C)C(=O)NCC1CC1. The molecule has 10 fully saturated rings. The van der Waals surface area contributed by atoms with Gasteiger partial charge >= 0.3 is 11.9 Å². The highest BCUT2D eigenvalue weighted by atomic mass is 79.9. The maximum Gasteiger partial charge on any atom is 0.306 e. The van der Waals surface area contributed by atoms with Crippen molar-refractivity contribution in [2.75, 3.05) is 70.6 Å². The number of nitrogens with one attached hydrogen (secondary N) is 3. The van der Waals surface area contributed by atoms with Gasteiger partial charge in [0.25, 0.3) is 0 Å². The molecular formula is C78H113BrN8O14S2. The number of carbonyl (C=O) groups is 8. The molecule has 12 rings (SSSR count). The van der Waals surface area contributed by atoms with Gasteiger partial charge in [0.1, 0.15) is 24.3 Å². The zero-order valence-electron chi connectivity index (χ0n) is 61.6. The maximum absolute atomic E-state index is 14.6. The number of benzene rings is 2. The number of rotatable bonds is 27. The molecule has 568 valence electrons. The van der Waals surface area contributed by atoms with Crippen molar-refractivity contribution in [2.24, 2.45) is 57.2 Å². The number of hydrogen-bond acceptors (Lipinski definition) is 16. The number of halogens is 1.